The van der Waals surface area contributed by atoms with Crippen LogP contribution in [0.2, 0.25) is 0 Å². The number of hydrogen-bond donors (Lipinski definition) is 2. The lowest BCUT2D eigenvalue weighted by Gasteiger charge is -2.11. The van der Waals surface area contributed by atoms with Crippen molar-refractivity contribution in [3.8, 4) is 33.8 Å². The van der Waals surface area contributed by atoms with Crippen molar-refractivity contribution >= 4 is 10.0 Å². The first-order valence-electron chi connectivity index (χ1n) is 9.95. The molecule has 0 atom stereocenters. The molecule has 10 heteroatoms. The first kappa shape index (κ1) is 23.6. The first-order chi connectivity index (χ1) is 16.0. The highest BCUT2D eigenvalue weighted by Crippen LogP contribution is 2.32. The third kappa shape index (κ3) is 5.14. The van der Waals surface area contributed by atoms with Crippen LogP contribution in [0.5, 0.6) is 0 Å². The molecule has 0 saturated heterocycles. The van der Waals surface area contributed by atoms with Crippen LogP contribution in [-0.2, 0) is 22.8 Å². The van der Waals surface area contributed by atoms with Gasteiger partial charge in [0.1, 0.15) is 0 Å². The Balaban J connectivity index is 1.76. The van der Waals surface area contributed by atoms with Gasteiger partial charge in [0.2, 0.25) is 10.0 Å². The number of benzene rings is 2. The Morgan fingerprint density at radius 3 is 2.09 bits per heavy atom. The molecule has 4 rings (SSSR count). The quantitative estimate of drug-likeness (QED) is 0.429. The Morgan fingerprint density at radius 1 is 0.765 bits per heavy atom. The standard InChI is InChI=1S/C24H18F3N3O3S/c25-24(26,27)18-9-7-15(8-10-18)17-11-19(14-31)29-23(13-17)22-6-2-5-21(30-22)16-3-1-4-20(12-16)34(28,32)33/h1-13,31H,14H2,(H2,28,32,33). The molecule has 0 aliphatic heterocycles. The van der Waals surface area contributed by atoms with Crippen molar-refractivity contribution in [3.63, 3.8) is 0 Å². The molecule has 34 heavy (non-hydrogen) atoms. The summed E-state index contributed by atoms with van der Waals surface area (Å²) in [6, 6.07) is 19.1. The number of primary sulfonamides is 1. The van der Waals surface area contributed by atoms with E-state index >= 15 is 0 Å². The highest BCUT2D eigenvalue weighted by molar-refractivity contribution is 7.89. The zero-order valence-electron chi connectivity index (χ0n) is 17.5. The van der Waals surface area contributed by atoms with E-state index in [9.17, 15) is 26.7 Å². The fraction of sp³-hybridized carbons (Fsp3) is 0.0833. The summed E-state index contributed by atoms with van der Waals surface area (Å²) in [5.41, 5.74) is 2.45. The summed E-state index contributed by atoms with van der Waals surface area (Å²) >= 11 is 0. The number of hydrogen-bond acceptors (Lipinski definition) is 5. The van der Waals surface area contributed by atoms with Crippen molar-refractivity contribution in [2.75, 3.05) is 0 Å². The summed E-state index contributed by atoms with van der Waals surface area (Å²) in [5.74, 6) is 0. The molecule has 0 radical (unpaired) electrons. The number of aliphatic hydroxyl groups is 1. The van der Waals surface area contributed by atoms with E-state index in [0.717, 1.165) is 12.1 Å². The maximum Gasteiger partial charge on any atom is 0.416 e. The highest BCUT2D eigenvalue weighted by Gasteiger charge is 2.30. The van der Waals surface area contributed by atoms with Crippen molar-refractivity contribution in [3.05, 3.63) is 90.1 Å². The number of aromatic nitrogens is 2. The zero-order valence-corrected chi connectivity index (χ0v) is 18.3. The lowest BCUT2D eigenvalue weighted by atomic mass is 10.0. The molecule has 4 aromatic rings. The van der Waals surface area contributed by atoms with E-state index in [2.05, 4.69) is 9.97 Å². The molecule has 0 bridgehead atoms. The number of nitrogens with zero attached hydrogens (tertiary/aromatic N) is 2. The molecule has 3 N–H and O–H groups in total. The SMILES string of the molecule is NS(=O)(=O)c1cccc(-c2cccc(-c3cc(-c4ccc(C(F)(F)F)cc4)cc(CO)n3)n2)c1. The topological polar surface area (TPSA) is 106 Å². The van der Waals surface area contributed by atoms with Crippen molar-refractivity contribution in [1.82, 2.24) is 9.97 Å². The van der Waals surface area contributed by atoms with E-state index in [-0.39, 0.29) is 11.5 Å². The second-order valence-electron chi connectivity index (χ2n) is 7.45. The van der Waals surface area contributed by atoms with Crippen molar-refractivity contribution in [1.29, 1.82) is 0 Å². The van der Waals surface area contributed by atoms with Crippen LogP contribution in [0.4, 0.5) is 13.2 Å². The van der Waals surface area contributed by atoms with Crippen LogP contribution < -0.4 is 5.14 Å². The third-order valence-corrected chi connectivity index (χ3v) is 5.97. The lowest BCUT2D eigenvalue weighted by Crippen LogP contribution is -2.11. The number of sulfonamides is 1. The Hall–Kier alpha value is -3.60. The molecule has 0 unspecified atom stereocenters. The molecule has 2 aromatic carbocycles. The summed E-state index contributed by atoms with van der Waals surface area (Å²) < 4.78 is 62.1. The molecule has 6 nitrogen and oxygen atoms in total. The van der Waals surface area contributed by atoms with Gasteiger partial charge in [0.15, 0.2) is 0 Å². The molecule has 0 spiro atoms. The molecular formula is C24H18F3N3O3S. The van der Waals surface area contributed by atoms with Crippen molar-refractivity contribution < 1.29 is 26.7 Å². The third-order valence-electron chi connectivity index (χ3n) is 5.06. The number of rotatable bonds is 5. The van der Waals surface area contributed by atoms with Crippen molar-refractivity contribution in [2.24, 2.45) is 5.14 Å². The van der Waals surface area contributed by atoms with Crippen LogP contribution in [0, 0.1) is 0 Å². The van der Waals surface area contributed by atoms with Crippen LogP contribution >= 0.6 is 0 Å². The second kappa shape index (κ2) is 8.98. The molecular weight excluding hydrogens is 467 g/mol. The number of halogens is 3. The van der Waals surface area contributed by atoms with Gasteiger partial charge >= 0.3 is 6.18 Å². The van der Waals surface area contributed by atoms with Crippen LogP contribution in [-0.4, -0.2) is 23.5 Å². The average Bonchev–Trinajstić information content (AvgIpc) is 2.83. The van der Waals surface area contributed by atoms with Crippen LogP contribution in [0.3, 0.4) is 0 Å². The van der Waals surface area contributed by atoms with Crippen molar-refractivity contribution in [2.45, 2.75) is 17.7 Å². The van der Waals surface area contributed by atoms with Gasteiger partial charge in [-0.15, -0.1) is 0 Å². The molecule has 174 valence electrons. The maximum atomic E-state index is 12.9. The van der Waals surface area contributed by atoms with Gasteiger partial charge in [0.25, 0.3) is 0 Å². The van der Waals surface area contributed by atoms with Crippen LogP contribution in [0.25, 0.3) is 33.8 Å². The minimum atomic E-state index is -4.44. The van der Waals surface area contributed by atoms with Gasteiger partial charge in [-0.1, -0.05) is 30.3 Å². The average molecular weight is 485 g/mol. The summed E-state index contributed by atoms with van der Waals surface area (Å²) in [5, 5.41) is 14.9. The van der Waals surface area contributed by atoms with Gasteiger partial charge in [-0.2, -0.15) is 13.2 Å². The second-order valence-corrected chi connectivity index (χ2v) is 9.01. The predicted molar refractivity (Wildman–Crippen MR) is 121 cm³/mol. The molecule has 0 amide bonds. The maximum absolute atomic E-state index is 12.9. The Bertz CT molecular complexity index is 1450. The van der Waals surface area contributed by atoms with Gasteiger partial charge in [-0.25, -0.2) is 23.5 Å². The first-order valence-corrected chi connectivity index (χ1v) is 11.5. The minimum absolute atomic E-state index is 0.0535. The fourth-order valence-electron chi connectivity index (χ4n) is 3.39. The summed E-state index contributed by atoms with van der Waals surface area (Å²) in [7, 11) is -3.89. The lowest BCUT2D eigenvalue weighted by molar-refractivity contribution is -0.137. The fourth-order valence-corrected chi connectivity index (χ4v) is 3.95. The molecule has 2 heterocycles. The summed E-state index contributed by atoms with van der Waals surface area (Å²) in [4.78, 5) is 8.90. The molecule has 0 saturated carbocycles. The molecule has 0 aliphatic rings. The molecule has 0 fully saturated rings. The van der Waals surface area contributed by atoms with Gasteiger partial charge in [0.05, 0.1) is 39.8 Å². The smallest absolute Gasteiger partial charge is 0.390 e. The summed E-state index contributed by atoms with van der Waals surface area (Å²) in [6.07, 6.45) is -4.44. The molecule has 0 aliphatic carbocycles. The Kier molecular flexibility index (Phi) is 6.22. The number of nitrogens with two attached hydrogens (primary N) is 1. The highest BCUT2D eigenvalue weighted by atomic mass is 32.2. The Labute approximate surface area is 193 Å². The van der Waals surface area contributed by atoms with Gasteiger partial charge in [-0.3, -0.25) is 0 Å². The van der Waals surface area contributed by atoms with E-state index < -0.39 is 21.8 Å². The van der Waals surface area contributed by atoms with Gasteiger partial charge in [-0.05, 0) is 59.7 Å². The van der Waals surface area contributed by atoms with E-state index in [0.29, 0.717) is 39.5 Å². The minimum Gasteiger partial charge on any atom is -0.390 e. The Morgan fingerprint density at radius 2 is 1.44 bits per heavy atom. The largest absolute Gasteiger partial charge is 0.416 e. The number of aliphatic hydroxyl groups excluding tert-OH is 1. The zero-order chi connectivity index (χ0) is 24.5. The summed E-state index contributed by atoms with van der Waals surface area (Å²) in [6.45, 7) is -0.377. The monoisotopic (exact) mass is 485 g/mol. The van der Waals surface area contributed by atoms with Gasteiger partial charge < -0.3 is 5.11 Å². The van der Waals surface area contributed by atoms with Gasteiger partial charge in [0, 0.05) is 5.56 Å². The number of pyridine rings is 2. The molecule has 2 aromatic heterocycles. The number of alkyl halides is 3. The van der Waals surface area contributed by atoms with E-state index in [1.54, 1.807) is 42.5 Å². The van der Waals surface area contributed by atoms with E-state index in [1.165, 1.54) is 24.3 Å². The van der Waals surface area contributed by atoms with E-state index in [1.807, 2.05) is 0 Å². The van der Waals surface area contributed by atoms with E-state index in [4.69, 9.17) is 5.14 Å². The normalized spacial score (nSPS) is 12.0. The predicted octanol–water partition coefficient (Wildman–Crippen LogP) is 4.64. The van der Waals surface area contributed by atoms with Crippen LogP contribution in [0.1, 0.15) is 11.3 Å². The van der Waals surface area contributed by atoms with Crippen LogP contribution in [0.15, 0.2) is 83.8 Å².